The predicted molar refractivity (Wildman–Crippen MR) is 185 cm³/mol. The number of rotatable bonds is 13. The van der Waals surface area contributed by atoms with Crippen LogP contribution in [0, 0.1) is 0 Å². The van der Waals surface area contributed by atoms with Crippen LogP contribution in [-0.2, 0) is 22.7 Å². The van der Waals surface area contributed by atoms with Gasteiger partial charge in [0.05, 0.1) is 41.3 Å². The Bertz CT molecular complexity index is 1690. The van der Waals surface area contributed by atoms with E-state index in [9.17, 15) is 9.59 Å². The normalized spacial score (nSPS) is 17.3. The standard InChI is InChI=1S/C35H37Cl2N7O4/c1-47-28-14-20(6-7-21(28)15-38-17-23-9-12-29(45)42-23)33-32(37)34(41-19-40-33)26-5-3-4-25(31(26)36)27-11-8-22(35(44-27)48-2)16-39-18-24-10-13-30(46)43-24/h3-8,11,14,19,23-24,38-39H,9-10,12-13,15-18H2,1-2H3,(H,42,45)(H,43,46)/t23-,24+/m0/s1. The van der Waals surface area contributed by atoms with Crippen molar-refractivity contribution in [2.75, 3.05) is 27.3 Å². The summed E-state index contributed by atoms with van der Waals surface area (Å²) in [5.41, 5.74) is 5.64. The van der Waals surface area contributed by atoms with E-state index in [4.69, 9.17) is 37.7 Å². The summed E-state index contributed by atoms with van der Waals surface area (Å²) in [6.07, 6.45) is 4.27. The van der Waals surface area contributed by atoms with Crippen LogP contribution in [0.2, 0.25) is 10.0 Å². The van der Waals surface area contributed by atoms with Crippen LogP contribution in [0.25, 0.3) is 33.8 Å². The van der Waals surface area contributed by atoms with E-state index in [-0.39, 0.29) is 23.9 Å². The first-order valence-electron chi connectivity index (χ1n) is 15.9. The van der Waals surface area contributed by atoms with Gasteiger partial charge in [0, 0.05) is 78.9 Å². The van der Waals surface area contributed by atoms with E-state index in [1.54, 1.807) is 14.2 Å². The molecular weight excluding hydrogens is 653 g/mol. The summed E-state index contributed by atoms with van der Waals surface area (Å²) in [6.45, 7) is 2.47. The number of hydrogen-bond donors (Lipinski definition) is 4. The van der Waals surface area contributed by atoms with E-state index in [0.717, 1.165) is 29.5 Å². The van der Waals surface area contributed by atoms with Gasteiger partial charge in [0.2, 0.25) is 17.7 Å². The number of nitrogens with one attached hydrogen (secondary N) is 4. The zero-order chi connectivity index (χ0) is 33.6. The first-order chi connectivity index (χ1) is 23.3. The topological polar surface area (TPSA) is 139 Å². The third-order valence-electron chi connectivity index (χ3n) is 8.59. The fraction of sp³-hybridized carbons (Fsp3) is 0.343. The van der Waals surface area contributed by atoms with E-state index in [0.29, 0.717) is 88.9 Å². The van der Waals surface area contributed by atoms with Crippen LogP contribution in [-0.4, -0.2) is 66.2 Å². The van der Waals surface area contributed by atoms with Crippen molar-refractivity contribution < 1.29 is 19.1 Å². The monoisotopic (exact) mass is 689 g/mol. The van der Waals surface area contributed by atoms with Crippen molar-refractivity contribution >= 4 is 35.0 Å². The van der Waals surface area contributed by atoms with Crippen LogP contribution in [0.3, 0.4) is 0 Å². The molecule has 2 aliphatic rings. The SMILES string of the molecule is COc1cc(-c2ncnc(-c3cccc(-c4ccc(CNC[C@H]5CCC(=O)N5)c(OC)n4)c3Cl)c2Cl)ccc1CNC[C@@H]1CCC(=O)N1. The van der Waals surface area contributed by atoms with Gasteiger partial charge in [0.1, 0.15) is 12.1 Å². The molecule has 2 aliphatic heterocycles. The van der Waals surface area contributed by atoms with Crippen LogP contribution in [0.15, 0.2) is 54.9 Å². The minimum Gasteiger partial charge on any atom is -0.496 e. The Morgan fingerprint density at radius 1 is 0.792 bits per heavy atom. The molecule has 2 atom stereocenters. The molecule has 4 heterocycles. The largest absolute Gasteiger partial charge is 0.496 e. The van der Waals surface area contributed by atoms with Crippen molar-refractivity contribution in [2.45, 2.75) is 50.9 Å². The second-order valence-corrected chi connectivity index (χ2v) is 12.6. The molecule has 4 aromatic rings. The Morgan fingerprint density at radius 3 is 2.08 bits per heavy atom. The smallest absolute Gasteiger partial charge is 0.220 e. The van der Waals surface area contributed by atoms with Gasteiger partial charge in [-0.05, 0) is 25.0 Å². The average Bonchev–Trinajstić information content (AvgIpc) is 3.72. The highest BCUT2D eigenvalue weighted by molar-refractivity contribution is 6.38. The maximum Gasteiger partial charge on any atom is 0.220 e. The molecule has 0 radical (unpaired) electrons. The molecule has 48 heavy (non-hydrogen) atoms. The minimum absolute atomic E-state index is 0.0934. The summed E-state index contributed by atoms with van der Waals surface area (Å²) < 4.78 is 11.3. The average molecular weight is 691 g/mol. The minimum atomic E-state index is 0.0934. The molecule has 2 saturated heterocycles. The van der Waals surface area contributed by atoms with Gasteiger partial charge in [-0.25, -0.2) is 15.0 Å². The third kappa shape index (κ3) is 7.55. The molecular formula is C35H37Cl2N7O4. The molecule has 0 aliphatic carbocycles. The molecule has 0 spiro atoms. The first-order valence-corrected chi connectivity index (χ1v) is 16.6. The molecule has 0 saturated carbocycles. The maximum absolute atomic E-state index is 11.5. The summed E-state index contributed by atoms with van der Waals surface area (Å²) in [5.74, 6) is 1.37. The molecule has 2 fully saturated rings. The lowest BCUT2D eigenvalue weighted by Crippen LogP contribution is -2.35. The summed E-state index contributed by atoms with van der Waals surface area (Å²) in [6, 6.07) is 15.6. The lowest BCUT2D eigenvalue weighted by Gasteiger charge is -2.16. The molecule has 11 nitrogen and oxygen atoms in total. The number of pyridine rings is 1. The summed E-state index contributed by atoms with van der Waals surface area (Å²) in [5, 5.41) is 13.5. The van der Waals surface area contributed by atoms with Crippen LogP contribution in [0.4, 0.5) is 0 Å². The van der Waals surface area contributed by atoms with Gasteiger partial charge in [0.15, 0.2) is 0 Å². The zero-order valence-corrected chi connectivity index (χ0v) is 28.3. The molecule has 250 valence electrons. The van der Waals surface area contributed by atoms with Gasteiger partial charge in [-0.1, -0.05) is 59.6 Å². The fourth-order valence-electron chi connectivity index (χ4n) is 6.06. The van der Waals surface area contributed by atoms with Crippen LogP contribution >= 0.6 is 23.2 Å². The Morgan fingerprint density at radius 2 is 1.44 bits per heavy atom. The number of carbonyl (C=O) groups is 2. The molecule has 0 bridgehead atoms. The second kappa shape index (κ2) is 15.3. The van der Waals surface area contributed by atoms with Gasteiger partial charge in [-0.2, -0.15) is 0 Å². The molecule has 0 unspecified atom stereocenters. The van der Waals surface area contributed by atoms with Crippen molar-refractivity contribution in [1.82, 2.24) is 36.2 Å². The van der Waals surface area contributed by atoms with Crippen molar-refractivity contribution in [3.05, 3.63) is 76.0 Å². The second-order valence-electron chi connectivity index (χ2n) is 11.8. The highest BCUT2D eigenvalue weighted by Gasteiger charge is 2.23. The molecule has 13 heteroatoms. The van der Waals surface area contributed by atoms with E-state index in [2.05, 4.69) is 31.2 Å². The highest BCUT2D eigenvalue weighted by Crippen LogP contribution is 2.41. The van der Waals surface area contributed by atoms with E-state index in [1.165, 1.54) is 6.33 Å². The Kier molecular flexibility index (Phi) is 10.7. The Balaban J connectivity index is 1.20. The molecule has 2 aromatic heterocycles. The third-order valence-corrected chi connectivity index (χ3v) is 9.36. The highest BCUT2D eigenvalue weighted by atomic mass is 35.5. The van der Waals surface area contributed by atoms with Crippen LogP contribution < -0.4 is 30.7 Å². The first kappa shape index (κ1) is 33.6. The molecule has 2 aromatic carbocycles. The summed E-state index contributed by atoms with van der Waals surface area (Å²) in [4.78, 5) is 36.8. The van der Waals surface area contributed by atoms with Crippen molar-refractivity contribution in [2.24, 2.45) is 0 Å². The number of halogens is 2. The Labute approximate surface area is 289 Å². The van der Waals surface area contributed by atoms with Gasteiger partial charge in [-0.3, -0.25) is 9.59 Å². The van der Waals surface area contributed by atoms with E-state index in [1.807, 2.05) is 48.5 Å². The number of carbonyl (C=O) groups excluding carboxylic acids is 2. The number of amides is 2. The van der Waals surface area contributed by atoms with Gasteiger partial charge in [0.25, 0.3) is 0 Å². The van der Waals surface area contributed by atoms with Gasteiger partial charge < -0.3 is 30.7 Å². The quantitative estimate of drug-likeness (QED) is 0.154. The van der Waals surface area contributed by atoms with Crippen LogP contribution in [0.1, 0.15) is 36.8 Å². The summed E-state index contributed by atoms with van der Waals surface area (Å²) in [7, 11) is 3.21. The van der Waals surface area contributed by atoms with Crippen molar-refractivity contribution in [3.63, 3.8) is 0 Å². The Hall–Kier alpha value is -4.29. The lowest BCUT2D eigenvalue weighted by atomic mass is 10.0. The fourth-order valence-corrected chi connectivity index (χ4v) is 6.68. The van der Waals surface area contributed by atoms with Crippen molar-refractivity contribution in [1.29, 1.82) is 0 Å². The molecule has 6 rings (SSSR count). The maximum atomic E-state index is 11.5. The number of nitrogens with zero attached hydrogens (tertiary/aromatic N) is 3. The molecule has 4 N–H and O–H groups in total. The van der Waals surface area contributed by atoms with Gasteiger partial charge in [-0.15, -0.1) is 0 Å². The van der Waals surface area contributed by atoms with Gasteiger partial charge >= 0.3 is 0 Å². The predicted octanol–water partition coefficient (Wildman–Crippen LogP) is 4.93. The van der Waals surface area contributed by atoms with Crippen molar-refractivity contribution in [3.8, 4) is 45.4 Å². The number of hydrogen-bond acceptors (Lipinski definition) is 9. The zero-order valence-electron chi connectivity index (χ0n) is 26.7. The van der Waals surface area contributed by atoms with E-state index >= 15 is 0 Å². The number of ether oxygens (including phenoxy) is 2. The number of aromatic nitrogens is 3. The van der Waals surface area contributed by atoms with Crippen LogP contribution in [0.5, 0.6) is 11.6 Å². The summed E-state index contributed by atoms with van der Waals surface area (Å²) >= 11 is 14.0. The molecule has 2 amide bonds. The number of benzene rings is 2. The van der Waals surface area contributed by atoms with E-state index < -0.39 is 0 Å². The lowest BCUT2D eigenvalue weighted by molar-refractivity contribution is -0.120. The number of methoxy groups -OCH3 is 2.